The van der Waals surface area contributed by atoms with Crippen LogP contribution < -0.4 is 5.32 Å². The van der Waals surface area contributed by atoms with Crippen LogP contribution in [0.3, 0.4) is 0 Å². The molecule has 1 fully saturated rings. The summed E-state index contributed by atoms with van der Waals surface area (Å²) in [5.74, 6) is 0. The highest BCUT2D eigenvalue weighted by atomic mass is 16.6. The first-order valence-corrected chi connectivity index (χ1v) is 3.83. The van der Waals surface area contributed by atoms with E-state index >= 15 is 0 Å². The molecule has 1 heterocycles. The van der Waals surface area contributed by atoms with Crippen molar-refractivity contribution in [1.29, 1.82) is 0 Å². The van der Waals surface area contributed by atoms with Gasteiger partial charge in [-0.1, -0.05) is 13.3 Å². The molecule has 0 bridgehead atoms. The largest absolute Gasteiger partial charge is 0.379 e. The quantitative estimate of drug-likeness (QED) is 0.445. The van der Waals surface area contributed by atoms with Crippen molar-refractivity contribution < 1.29 is 9.84 Å². The van der Waals surface area contributed by atoms with Gasteiger partial charge in [0.15, 0.2) is 0 Å². The molecule has 2 unspecified atom stereocenters. The third-order valence-electron chi connectivity index (χ3n) is 1.63. The predicted molar refractivity (Wildman–Crippen MR) is 38.4 cm³/mol. The summed E-state index contributed by atoms with van der Waals surface area (Å²) in [6.45, 7) is 4.03. The van der Waals surface area contributed by atoms with E-state index in [1.165, 1.54) is 0 Å². The van der Waals surface area contributed by atoms with E-state index in [0.29, 0.717) is 0 Å². The maximum absolute atomic E-state index is 9.19. The van der Waals surface area contributed by atoms with Gasteiger partial charge in [-0.15, -0.1) is 0 Å². The van der Waals surface area contributed by atoms with Crippen molar-refractivity contribution in [2.24, 2.45) is 0 Å². The van der Waals surface area contributed by atoms with Crippen molar-refractivity contribution in [1.82, 2.24) is 5.32 Å². The summed E-state index contributed by atoms with van der Waals surface area (Å²) in [7, 11) is 0. The first-order valence-electron chi connectivity index (χ1n) is 3.83. The van der Waals surface area contributed by atoms with Gasteiger partial charge in [-0.25, -0.2) is 0 Å². The maximum atomic E-state index is 9.19. The number of aliphatic hydroxyl groups is 1. The average Bonchev–Trinajstić information content (AvgIpc) is 2.47. The molecular weight excluding hydrogens is 130 g/mol. The lowest BCUT2D eigenvalue weighted by atomic mass is 10.3. The van der Waals surface area contributed by atoms with Crippen LogP contribution in [-0.4, -0.2) is 23.7 Å². The smallest absolute Gasteiger partial charge is 0.136 e. The second-order valence-electron chi connectivity index (χ2n) is 2.73. The molecule has 1 aliphatic heterocycles. The lowest BCUT2D eigenvalue weighted by molar-refractivity contribution is 0.110. The van der Waals surface area contributed by atoms with Gasteiger partial charge < -0.3 is 9.84 Å². The second kappa shape index (κ2) is 3.32. The van der Waals surface area contributed by atoms with Crippen molar-refractivity contribution in [3.63, 3.8) is 0 Å². The minimum absolute atomic E-state index is 0.0987. The summed E-state index contributed by atoms with van der Waals surface area (Å²) in [4.78, 5) is 0. The molecule has 3 nitrogen and oxygen atoms in total. The fraction of sp³-hybridized carbons (Fsp3) is 1.00. The fourth-order valence-corrected chi connectivity index (χ4v) is 0.907. The fourth-order valence-electron chi connectivity index (χ4n) is 0.907. The van der Waals surface area contributed by atoms with E-state index in [1.807, 2.05) is 13.8 Å². The normalized spacial score (nSPS) is 33.9. The summed E-state index contributed by atoms with van der Waals surface area (Å²) in [5.41, 5.74) is 0. The van der Waals surface area contributed by atoms with Crippen LogP contribution >= 0.6 is 0 Å². The minimum atomic E-state index is -0.389. The highest BCUT2D eigenvalue weighted by molar-refractivity contribution is 4.78. The van der Waals surface area contributed by atoms with E-state index in [0.717, 1.165) is 12.8 Å². The third kappa shape index (κ3) is 2.25. The Labute approximate surface area is 61.4 Å². The van der Waals surface area contributed by atoms with E-state index in [9.17, 15) is 5.11 Å². The van der Waals surface area contributed by atoms with E-state index < -0.39 is 0 Å². The first-order chi connectivity index (χ1) is 4.74. The Kier molecular flexibility index (Phi) is 2.65. The van der Waals surface area contributed by atoms with E-state index in [-0.39, 0.29) is 18.6 Å². The molecule has 1 rings (SSSR count). The molecule has 0 saturated carbocycles. The van der Waals surface area contributed by atoms with Gasteiger partial charge in [0.25, 0.3) is 0 Å². The van der Waals surface area contributed by atoms with Gasteiger partial charge in [-0.2, -0.15) is 0 Å². The Balaban J connectivity index is 2.01. The van der Waals surface area contributed by atoms with Gasteiger partial charge in [0.1, 0.15) is 12.5 Å². The molecule has 60 valence electrons. The molecule has 0 radical (unpaired) electrons. The van der Waals surface area contributed by atoms with Crippen molar-refractivity contribution in [2.45, 2.75) is 45.2 Å². The number of aliphatic hydroxyl groups excluding tert-OH is 1. The van der Waals surface area contributed by atoms with Gasteiger partial charge in [0, 0.05) is 0 Å². The Morgan fingerprint density at radius 3 is 2.70 bits per heavy atom. The lowest BCUT2D eigenvalue weighted by Gasteiger charge is -2.08. The zero-order valence-electron chi connectivity index (χ0n) is 6.50. The zero-order chi connectivity index (χ0) is 7.56. The van der Waals surface area contributed by atoms with Gasteiger partial charge in [0.05, 0.1) is 6.10 Å². The average molecular weight is 145 g/mol. The highest BCUT2D eigenvalue weighted by Crippen LogP contribution is 2.18. The minimum Gasteiger partial charge on any atom is -0.379 e. The summed E-state index contributed by atoms with van der Waals surface area (Å²) in [5, 5.41) is 12.1. The Morgan fingerprint density at radius 2 is 2.30 bits per heavy atom. The zero-order valence-corrected chi connectivity index (χ0v) is 6.50. The van der Waals surface area contributed by atoms with E-state index in [2.05, 4.69) is 5.32 Å². The molecule has 10 heavy (non-hydrogen) atoms. The lowest BCUT2D eigenvalue weighted by Crippen LogP contribution is -2.31. The number of epoxide rings is 1. The number of rotatable bonds is 4. The molecule has 0 aromatic heterocycles. The SMILES string of the molecule is CCCC(O)N[C@@H]1OC1C. The van der Waals surface area contributed by atoms with Gasteiger partial charge in [-0.05, 0) is 13.3 Å². The summed E-state index contributed by atoms with van der Waals surface area (Å²) in [6, 6.07) is 0. The molecule has 0 spiro atoms. The van der Waals surface area contributed by atoms with E-state index in [1.54, 1.807) is 0 Å². The van der Waals surface area contributed by atoms with Crippen molar-refractivity contribution in [3.8, 4) is 0 Å². The maximum Gasteiger partial charge on any atom is 0.136 e. The third-order valence-corrected chi connectivity index (χ3v) is 1.63. The van der Waals surface area contributed by atoms with Crippen LogP contribution in [-0.2, 0) is 4.74 Å². The highest BCUT2D eigenvalue weighted by Gasteiger charge is 2.34. The molecule has 1 saturated heterocycles. The van der Waals surface area contributed by atoms with E-state index in [4.69, 9.17) is 4.74 Å². The van der Waals surface area contributed by atoms with Crippen molar-refractivity contribution in [3.05, 3.63) is 0 Å². The topological polar surface area (TPSA) is 44.8 Å². The van der Waals surface area contributed by atoms with Gasteiger partial charge in [0.2, 0.25) is 0 Å². The summed E-state index contributed by atoms with van der Waals surface area (Å²) >= 11 is 0. The van der Waals surface area contributed by atoms with Crippen LogP contribution in [0.4, 0.5) is 0 Å². The molecule has 0 amide bonds. The molecular formula is C7H15NO2. The first kappa shape index (κ1) is 7.98. The van der Waals surface area contributed by atoms with Crippen molar-refractivity contribution >= 4 is 0 Å². The predicted octanol–water partition coefficient (Wildman–Crippen LogP) is 0.439. The van der Waals surface area contributed by atoms with Crippen LogP contribution in [0.1, 0.15) is 26.7 Å². The number of nitrogens with one attached hydrogen (secondary N) is 1. The van der Waals surface area contributed by atoms with Gasteiger partial charge in [-0.3, -0.25) is 5.32 Å². The molecule has 3 heteroatoms. The Hall–Kier alpha value is -0.120. The Bertz CT molecular complexity index is 108. The van der Waals surface area contributed by atoms with Crippen LogP contribution in [0.15, 0.2) is 0 Å². The number of ether oxygens (including phenoxy) is 1. The van der Waals surface area contributed by atoms with Crippen LogP contribution in [0, 0.1) is 0 Å². The molecule has 2 N–H and O–H groups in total. The summed E-state index contributed by atoms with van der Waals surface area (Å²) < 4.78 is 5.06. The molecule has 0 aromatic rings. The number of hydrogen-bond acceptors (Lipinski definition) is 3. The number of hydrogen-bond donors (Lipinski definition) is 2. The molecule has 0 aromatic carbocycles. The molecule has 3 atom stereocenters. The Morgan fingerprint density at radius 1 is 1.70 bits per heavy atom. The van der Waals surface area contributed by atoms with Gasteiger partial charge >= 0.3 is 0 Å². The van der Waals surface area contributed by atoms with Crippen LogP contribution in [0.5, 0.6) is 0 Å². The molecule has 1 aliphatic rings. The van der Waals surface area contributed by atoms with Crippen LogP contribution in [0.2, 0.25) is 0 Å². The summed E-state index contributed by atoms with van der Waals surface area (Å²) in [6.07, 6.45) is 1.79. The standard InChI is InChI=1S/C7H15NO2/c1-3-4-6(9)8-7-5(2)10-7/h5-9H,3-4H2,1-2H3/t5?,6?,7-/m1/s1. The monoisotopic (exact) mass is 145 g/mol. The second-order valence-corrected chi connectivity index (χ2v) is 2.73. The van der Waals surface area contributed by atoms with Crippen LogP contribution in [0.25, 0.3) is 0 Å². The van der Waals surface area contributed by atoms with Crippen molar-refractivity contribution in [2.75, 3.05) is 0 Å². The molecule has 0 aliphatic carbocycles.